The second kappa shape index (κ2) is 4.82. The van der Waals surface area contributed by atoms with Crippen molar-refractivity contribution in [3.8, 4) is 0 Å². The van der Waals surface area contributed by atoms with Gasteiger partial charge in [0.25, 0.3) is 5.56 Å². The van der Waals surface area contributed by atoms with E-state index in [1.165, 1.54) is 0 Å². The number of aromatic nitrogens is 1. The molecule has 0 bridgehead atoms. The van der Waals surface area contributed by atoms with Crippen LogP contribution in [0.2, 0.25) is 0 Å². The molecule has 1 heterocycles. The van der Waals surface area contributed by atoms with Gasteiger partial charge >= 0.3 is 0 Å². The third-order valence-electron chi connectivity index (χ3n) is 1.77. The number of H-pyrrole nitrogens is 1. The van der Waals surface area contributed by atoms with Gasteiger partial charge in [-0.05, 0) is 18.5 Å². The fourth-order valence-corrected chi connectivity index (χ4v) is 1.09. The molecule has 0 radical (unpaired) electrons. The Bertz CT molecular complexity index is 304. The summed E-state index contributed by atoms with van der Waals surface area (Å²) < 4.78 is 0. The first-order valence-electron chi connectivity index (χ1n) is 4.57. The van der Waals surface area contributed by atoms with E-state index in [1.807, 2.05) is 12.1 Å². The topological polar surface area (TPSA) is 44.9 Å². The van der Waals surface area contributed by atoms with Crippen molar-refractivity contribution in [2.45, 2.75) is 20.4 Å². The van der Waals surface area contributed by atoms with Crippen molar-refractivity contribution in [3.63, 3.8) is 0 Å². The van der Waals surface area contributed by atoms with E-state index in [0.717, 1.165) is 12.1 Å². The Morgan fingerprint density at radius 2 is 2.31 bits per heavy atom. The highest BCUT2D eigenvalue weighted by Crippen LogP contribution is 1.91. The Labute approximate surface area is 78.2 Å². The molecule has 0 aromatic carbocycles. The zero-order valence-electron chi connectivity index (χ0n) is 8.13. The summed E-state index contributed by atoms with van der Waals surface area (Å²) in [5.41, 5.74) is 0.793. The summed E-state index contributed by atoms with van der Waals surface area (Å²) in [5.74, 6) is 0.614. The van der Waals surface area contributed by atoms with Gasteiger partial charge in [-0.2, -0.15) is 0 Å². The zero-order valence-corrected chi connectivity index (χ0v) is 8.13. The second-order valence-corrected chi connectivity index (χ2v) is 3.55. The minimum absolute atomic E-state index is 0.00115. The molecule has 1 aromatic rings. The lowest BCUT2D eigenvalue weighted by Crippen LogP contribution is -2.23. The van der Waals surface area contributed by atoms with E-state index in [-0.39, 0.29) is 5.56 Å². The van der Waals surface area contributed by atoms with Gasteiger partial charge in [0.15, 0.2) is 0 Å². The van der Waals surface area contributed by atoms with Crippen LogP contribution in [-0.4, -0.2) is 11.5 Å². The second-order valence-electron chi connectivity index (χ2n) is 3.55. The molecule has 0 atom stereocenters. The molecular weight excluding hydrogens is 164 g/mol. The molecule has 0 amide bonds. The molecule has 1 rings (SSSR count). The van der Waals surface area contributed by atoms with Gasteiger partial charge in [0.1, 0.15) is 0 Å². The highest BCUT2D eigenvalue weighted by Gasteiger charge is 1.97. The summed E-state index contributed by atoms with van der Waals surface area (Å²) in [6, 6.07) is 3.68. The normalized spacial score (nSPS) is 10.7. The van der Waals surface area contributed by atoms with E-state index >= 15 is 0 Å². The largest absolute Gasteiger partial charge is 0.329 e. The standard InChI is InChI=1S/C10H16N2O/c1-8(2)6-11-7-9-4-3-5-12-10(9)13/h3-5,8,11H,6-7H2,1-2H3,(H,12,13). The SMILES string of the molecule is CC(C)CNCc1ccc[nH]c1=O. The van der Waals surface area contributed by atoms with Crippen molar-refractivity contribution in [2.24, 2.45) is 5.92 Å². The molecule has 13 heavy (non-hydrogen) atoms. The molecule has 3 nitrogen and oxygen atoms in total. The molecule has 0 aliphatic rings. The average molecular weight is 180 g/mol. The molecular formula is C10H16N2O. The molecule has 0 aliphatic carbocycles. The van der Waals surface area contributed by atoms with Gasteiger partial charge < -0.3 is 10.3 Å². The maximum Gasteiger partial charge on any atom is 0.252 e. The number of hydrogen-bond acceptors (Lipinski definition) is 2. The van der Waals surface area contributed by atoms with E-state index in [1.54, 1.807) is 6.20 Å². The monoisotopic (exact) mass is 180 g/mol. The van der Waals surface area contributed by atoms with Crippen LogP contribution in [0.3, 0.4) is 0 Å². The van der Waals surface area contributed by atoms with Crippen LogP contribution >= 0.6 is 0 Å². The molecule has 1 aromatic heterocycles. The summed E-state index contributed by atoms with van der Waals surface area (Å²) in [6.45, 7) is 5.87. The summed E-state index contributed by atoms with van der Waals surface area (Å²) in [6.07, 6.45) is 1.65. The van der Waals surface area contributed by atoms with Crippen molar-refractivity contribution in [2.75, 3.05) is 6.54 Å². The van der Waals surface area contributed by atoms with Crippen molar-refractivity contribution >= 4 is 0 Å². The van der Waals surface area contributed by atoms with Gasteiger partial charge in [0, 0.05) is 18.3 Å². The Kier molecular flexibility index (Phi) is 3.71. The zero-order chi connectivity index (χ0) is 9.68. The summed E-state index contributed by atoms with van der Waals surface area (Å²) in [7, 11) is 0. The van der Waals surface area contributed by atoms with Crippen LogP contribution in [0.1, 0.15) is 19.4 Å². The minimum Gasteiger partial charge on any atom is -0.329 e. The fraction of sp³-hybridized carbons (Fsp3) is 0.500. The maximum absolute atomic E-state index is 11.2. The van der Waals surface area contributed by atoms with Crippen LogP contribution < -0.4 is 10.9 Å². The Morgan fingerprint density at radius 3 is 2.92 bits per heavy atom. The Hall–Kier alpha value is -1.09. The first kappa shape index (κ1) is 9.99. The number of aromatic amines is 1. The highest BCUT2D eigenvalue weighted by molar-refractivity contribution is 5.08. The van der Waals surface area contributed by atoms with Crippen LogP contribution in [0.25, 0.3) is 0 Å². The number of nitrogens with one attached hydrogen (secondary N) is 2. The Balaban J connectivity index is 2.46. The van der Waals surface area contributed by atoms with Gasteiger partial charge in [-0.3, -0.25) is 4.79 Å². The predicted molar refractivity (Wildman–Crippen MR) is 53.6 cm³/mol. The van der Waals surface area contributed by atoms with E-state index in [2.05, 4.69) is 24.1 Å². The van der Waals surface area contributed by atoms with Crippen LogP contribution in [0.15, 0.2) is 23.1 Å². The van der Waals surface area contributed by atoms with Crippen molar-refractivity contribution < 1.29 is 0 Å². The average Bonchev–Trinajstić information content (AvgIpc) is 2.08. The molecule has 0 unspecified atom stereocenters. The smallest absolute Gasteiger partial charge is 0.252 e. The van der Waals surface area contributed by atoms with E-state index < -0.39 is 0 Å². The first-order valence-corrected chi connectivity index (χ1v) is 4.57. The van der Waals surface area contributed by atoms with Crippen LogP contribution in [0, 0.1) is 5.92 Å². The lowest BCUT2D eigenvalue weighted by atomic mass is 10.2. The van der Waals surface area contributed by atoms with Gasteiger partial charge in [-0.1, -0.05) is 19.9 Å². The highest BCUT2D eigenvalue weighted by atomic mass is 16.1. The Morgan fingerprint density at radius 1 is 1.54 bits per heavy atom. The minimum atomic E-state index is -0.00115. The van der Waals surface area contributed by atoms with Crippen molar-refractivity contribution in [1.82, 2.24) is 10.3 Å². The summed E-state index contributed by atoms with van der Waals surface area (Å²) in [4.78, 5) is 13.8. The van der Waals surface area contributed by atoms with E-state index in [0.29, 0.717) is 12.5 Å². The number of hydrogen-bond donors (Lipinski definition) is 2. The van der Waals surface area contributed by atoms with Crippen LogP contribution in [-0.2, 0) is 6.54 Å². The molecule has 0 fully saturated rings. The number of pyridine rings is 1. The lowest BCUT2D eigenvalue weighted by molar-refractivity contribution is 0.551. The van der Waals surface area contributed by atoms with Gasteiger partial charge in [-0.15, -0.1) is 0 Å². The molecule has 72 valence electrons. The van der Waals surface area contributed by atoms with Crippen molar-refractivity contribution in [1.29, 1.82) is 0 Å². The molecule has 2 N–H and O–H groups in total. The lowest BCUT2D eigenvalue weighted by Gasteiger charge is -2.05. The number of rotatable bonds is 4. The van der Waals surface area contributed by atoms with Gasteiger partial charge in [-0.25, -0.2) is 0 Å². The molecule has 0 saturated carbocycles. The third kappa shape index (κ3) is 3.42. The molecule has 3 heteroatoms. The molecule has 0 spiro atoms. The van der Waals surface area contributed by atoms with E-state index in [4.69, 9.17) is 0 Å². The molecule has 0 aliphatic heterocycles. The van der Waals surface area contributed by atoms with Crippen LogP contribution in [0.4, 0.5) is 0 Å². The van der Waals surface area contributed by atoms with Gasteiger partial charge in [0.05, 0.1) is 0 Å². The van der Waals surface area contributed by atoms with E-state index in [9.17, 15) is 4.79 Å². The summed E-state index contributed by atoms with van der Waals surface area (Å²) >= 11 is 0. The fourth-order valence-electron chi connectivity index (χ4n) is 1.09. The summed E-state index contributed by atoms with van der Waals surface area (Å²) in [5, 5.41) is 3.22. The third-order valence-corrected chi connectivity index (χ3v) is 1.77. The quantitative estimate of drug-likeness (QED) is 0.729. The van der Waals surface area contributed by atoms with Crippen LogP contribution in [0.5, 0.6) is 0 Å². The predicted octanol–water partition coefficient (Wildman–Crippen LogP) is 1.12. The maximum atomic E-state index is 11.2. The van der Waals surface area contributed by atoms with Gasteiger partial charge in [0.2, 0.25) is 0 Å². The van der Waals surface area contributed by atoms with Crippen molar-refractivity contribution in [3.05, 3.63) is 34.2 Å². The molecule has 0 saturated heterocycles. The first-order chi connectivity index (χ1) is 6.20.